The van der Waals surface area contributed by atoms with E-state index in [1.165, 1.54) is 11.8 Å². The van der Waals surface area contributed by atoms with Crippen molar-refractivity contribution < 1.29 is 19.1 Å². The van der Waals surface area contributed by atoms with Crippen molar-refractivity contribution >= 4 is 29.1 Å². The molecule has 6 heteroatoms. The third-order valence-electron chi connectivity index (χ3n) is 3.95. The number of nitrogens with one attached hydrogen (secondary N) is 1. The third kappa shape index (κ3) is 6.32. The van der Waals surface area contributed by atoms with Crippen molar-refractivity contribution in [3.8, 4) is 11.5 Å². The Kier molecular flexibility index (Phi) is 8.20. The molecule has 27 heavy (non-hydrogen) atoms. The van der Waals surface area contributed by atoms with Crippen LogP contribution in [0.15, 0.2) is 47.4 Å². The van der Waals surface area contributed by atoms with Gasteiger partial charge in [-0.1, -0.05) is 19.4 Å². The Labute approximate surface area is 164 Å². The molecule has 0 bridgehead atoms. The SMILES string of the molecule is CCCCC(=O)Nc1cccc(SCC(=O)c2ccc(OC)c(OC)c2)c1. The van der Waals surface area contributed by atoms with Crippen molar-refractivity contribution in [2.45, 2.75) is 31.1 Å². The number of ketones is 1. The summed E-state index contributed by atoms with van der Waals surface area (Å²) in [4.78, 5) is 25.3. The van der Waals surface area contributed by atoms with Gasteiger partial charge in [0.2, 0.25) is 5.91 Å². The molecule has 2 rings (SSSR count). The van der Waals surface area contributed by atoms with Crippen LogP contribution in [-0.4, -0.2) is 31.7 Å². The molecule has 2 aromatic carbocycles. The maximum absolute atomic E-state index is 12.5. The number of amides is 1. The molecule has 0 aromatic heterocycles. The van der Waals surface area contributed by atoms with Gasteiger partial charge in [-0.05, 0) is 42.8 Å². The molecule has 0 saturated heterocycles. The zero-order chi connectivity index (χ0) is 19.6. The second-order valence-electron chi connectivity index (χ2n) is 5.96. The maximum atomic E-state index is 12.5. The molecule has 144 valence electrons. The fourth-order valence-electron chi connectivity index (χ4n) is 2.47. The Balaban J connectivity index is 1.97. The van der Waals surface area contributed by atoms with Gasteiger partial charge in [0.05, 0.1) is 20.0 Å². The highest BCUT2D eigenvalue weighted by Crippen LogP contribution is 2.29. The average molecular weight is 388 g/mol. The van der Waals surface area contributed by atoms with E-state index in [-0.39, 0.29) is 11.7 Å². The Morgan fingerprint density at radius 3 is 2.52 bits per heavy atom. The monoisotopic (exact) mass is 387 g/mol. The van der Waals surface area contributed by atoms with Crippen molar-refractivity contribution in [2.24, 2.45) is 0 Å². The molecule has 1 amide bonds. The number of ether oxygens (including phenoxy) is 2. The molecular formula is C21H25NO4S. The lowest BCUT2D eigenvalue weighted by Gasteiger charge is -2.09. The zero-order valence-electron chi connectivity index (χ0n) is 15.9. The standard InChI is InChI=1S/C21H25NO4S/c1-4-5-9-21(24)22-16-7-6-8-17(13-16)27-14-18(23)15-10-11-19(25-2)20(12-15)26-3/h6-8,10-13H,4-5,9,14H2,1-3H3,(H,22,24). The van der Waals surface area contributed by atoms with Crippen molar-refractivity contribution in [2.75, 3.05) is 25.3 Å². The Hall–Kier alpha value is -2.47. The van der Waals surface area contributed by atoms with Gasteiger partial charge in [-0.3, -0.25) is 9.59 Å². The second kappa shape index (κ2) is 10.6. The summed E-state index contributed by atoms with van der Waals surface area (Å²) in [5.41, 5.74) is 1.32. The number of carbonyl (C=O) groups is 2. The molecule has 0 atom stereocenters. The topological polar surface area (TPSA) is 64.6 Å². The van der Waals surface area contributed by atoms with Gasteiger partial charge in [-0.25, -0.2) is 0 Å². The number of thioether (sulfide) groups is 1. The van der Waals surface area contributed by atoms with E-state index in [1.54, 1.807) is 32.4 Å². The van der Waals surface area contributed by atoms with Gasteiger partial charge >= 0.3 is 0 Å². The fraction of sp³-hybridized carbons (Fsp3) is 0.333. The number of benzene rings is 2. The number of unbranched alkanes of at least 4 members (excludes halogenated alkanes) is 1. The summed E-state index contributed by atoms with van der Waals surface area (Å²) in [7, 11) is 3.10. The van der Waals surface area contributed by atoms with Crippen LogP contribution in [-0.2, 0) is 4.79 Å². The summed E-state index contributed by atoms with van der Waals surface area (Å²) >= 11 is 1.43. The summed E-state index contributed by atoms with van der Waals surface area (Å²) in [5, 5.41) is 2.90. The van der Waals surface area contributed by atoms with E-state index in [9.17, 15) is 9.59 Å². The molecule has 5 nitrogen and oxygen atoms in total. The second-order valence-corrected chi connectivity index (χ2v) is 7.01. The molecular weight excluding hydrogens is 362 g/mol. The number of methoxy groups -OCH3 is 2. The number of carbonyl (C=O) groups excluding carboxylic acids is 2. The first-order valence-corrected chi connectivity index (χ1v) is 9.84. The van der Waals surface area contributed by atoms with Crippen LogP contribution >= 0.6 is 11.8 Å². The molecule has 1 N–H and O–H groups in total. The highest BCUT2D eigenvalue weighted by molar-refractivity contribution is 8.00. The number of hydrogen-bond acceptors (Lipinski definition) is 5. The Morgan fingerprint density at radius 2 is 1.81 bits per heavy atom. The van der Waals surface area contributed by atoms with Crippen LogP contribution in [0.25, 0.3) is 0 Å². The summed E-state index contributed by atoms with van der Waals surface area (Å²) in [6.45, 7) is 2.06. The summed E-state index contributed by atoms with van der Waals surface area (Å²) in [5.74, 6) is 1.43. The molecule has 2 aromatic rings. The van der Waals surface area contributed by atoms with Gasteiger partial charge in [-0.15, -0.1) is 11.8 Å². The molecule has 0 fully saturated rings. The maximum Gasteiger partial charge on any atom is 0.224 e. The minimum atomic E-state index is -0.00154. The van der Waals surface area contributed by atoms with Crippen LogP contribution in [0.4, 0.5) is 5.69 Å². The van der Waals surface area contributed by atoms with Crippen LogP contribution in [0.5, 0.6) is 11.5 Å². The lowest BCUT2D eigenvalue weighted by Crippen LogP contribution is -2.10. The lowest BCUT2D eigenvalue weighted by atomic mass is 10.1. The molecule has 0 heterocycles. The van der Waals surface area contributed by atoms with Crippen LogP contribution in [0.2, 0.25) is 0 Å². The zero-order valence-corrected chi connectivity index (χ0v) is 16.7. The van der Waals surface area contributed by atoms with E-state index in [0.717, 1.165) is 23.4 Å². The molecule has 0 aliphatic rings. The molecule has 0 unspecified atom stereocenters. The third-order valence-corrected chi connectivity index (χ3v) is 4.94. The first-order chi connectivity index (χ1) is 13.1. The number of hydrogen-bond donors (Lipinski definition) is 1. The minimum absolute atomic E-state index is 0.00154. The van der Waals surface area contributed by atoms with Gasteiger partial charge in [0.25, 0.3) is 0 Å². The fourth-order valence-corrected chi connectivity index (χ4v) is 3.32. The quantitative estimate of drug-likeness (QED) is 0.468. The van der Waals surface area contributed by atoms with Gasteiger partial charge in [0.1, 0.15) is 0 Å². The van der Waals surface area contributed by atoms with Crippen molar-refractivity contribution in [1.82, 2.24) is 0 Å². The molecule has 0 saturated carbocycles. The van der Waals surface area contributed by atoms with E-state index < -0.39 is 0 Å². The number of Topliss-reactive ketones (excluding diaryl/α,β-unsaturated/α-hetero) is 1. The number of rotatable bonds is 10. The first kappa shape index (κ1) is 20.8. The van der Waals surface area contributed by atoms with Gasteiger partial charge in [-0.2, -0.15) is 0 Å². The first-order valence-electron chi connectivity index (χ1n) is 8.85. The van der Waals surface area contributed by atoms with Crippen LogP contribution in [0.3, 0.4) is 0 Å². The van der Waals surface area contributed by atoms with Crippen molar-refractivity contribution in [3.63, 3.8) is 0 Å². The normalized spacial score (nSPS) is 10.3. The van der Waals surface area contributed by atoms with Gasteiger partial charge in [0, 0.05) is 22.6 Å². The van der Waals surface area contributed by atoms with Crippen LogP contribution in [0.1, 0.15) is 36.5 Å². The van der Waals surface area contributed by atoms with Gasteiger partial charge in [0.15, 0.2) is 17.3 Å². The van der Waals surface area contributed by atoms with E-state index in [4.69, 9.17) is 9.47 Å². The van der Waals surface area contributed by atoms with E-state index >= 15 is 0 Å². The Bertz CT molecular complexity index is 792. The Morgan fingerprint density at radius 1 is 1.04 bits per heavy atom. The summed E-state index contributed by atoms with van der Waals surface area (Å²) in [6.07, 6.45) is 2.38. The van der Waals surface area contributed by atoms with E-state index in [0.29, 0.717) is 29.2 Å². The molecule has 0 aliphatic carbocycles. The lowest BCUT2D eigenvalue weighted by molar-refractivity contribution is -0.116. The summed E-state index contributed by atoms with van der Waals surface area (Å²) < 4.78 is 10.4. The van der Waals surface area contributed by atoms with E-state index in [2.05, 4.69) is 12.2 Å². The highest BCUT2D eigenvalue weighted by Gasteiger charge is 2.11. The molecule has 0 aliphatic heterocycles. The van der Waals surface area contributed by atoms with Crippen LogP contribution in [0, 0.1) is 0 Å². The average Bonchev–Trinajstić information content (AvgIpc) is 2.70. The predicted molar refractivity (Wildman–Crippen MR) is 109 cm³/mol. The largest absolute Gasteiger partial charge is 0.493 e. The highest BCUT2D eigenvalue weighted by atomic mass is 32.2. The van der Waals surface area contributed by atoms with Crippen molar-refractivity contribution in [3.05, 3.63) is 48.0 Å². The van der Waals surface area contributed by atoms with Crippen molar-refractivity contribution in [1.29, 1.82) is 0 Å². The summed E-state index contributed by atoms with van der Waals surface area (Å²) in [6, 6.07) is 12.7. The minimum Gasteiger partial charge on any atom is -0.493 e. The number of anilines is 1. The smallest absolute Gasteiger partial charge is 0.224 e. The molecule has 0 radical (unpaired) electrons. The van der Waals surface area contributed by atoms with Gasteiger partial charge < -0.3 is 14.8 Å². The predicted octanol–water partition coefficient (Wildman–Crippen LogP) is 4.81. The molecule has 0 spiro atoms. The van der Waals surface area contributed by atoms with Crippen LogP contribution < -0.4 is 14.8 Å². The van der Waals surface area contributed by atoms with E-state index in [1.807, 2.05) is 24.3 Å².